The minimum atomic E-state index is 0.353. The summed E-state index contributed by atoms with van der Waals surface area (Å²) in [6.45, 7) is 0. The van der Waals surface area contributed by atoms with Crippen LogP contribution in [-0.2, 0) is 17.6 Å². The van der Waals surface area contributed by atoms with E-state index >= 15 is 0 Å². The second-order valence-corrected chi connectivity index (χ2v) is 5.73. The average molecular weight is 296 g/mol. The Hall–Kier alpha value is -2.29. The molecule has 0 aromatic heterocycles. The Morgan fingerprint density at radius 3 is 1.41 bits per heavy atom. The summed E-state index contributed by atoms with van der Waals surface area (Å²) in [5.41, 5.74) is 15.3. The van der Waals surface area contributed by atoms with Crippen LogP contribution in [0.3, 0.4) is 0 Å². The first kappa shape index (κ1) is 16.1. The molecule has 4 N–H and O–H groups in total. The van der Waals surface area contributed by atoms with E-state index in [1.54, 1.807) is 0 Å². The highest BCUT2D eigenvalue weighted by molar-refractivity contribution is 5.78. The maximum atomic E-state index is 11.9. The number of carbonyl (C=O) groups excluding carboxylic acids is 1. The van der Waals surface area contributed by atoms with E-state index in [1.807, 2.05) is 48.5 Å². The molecule has 0 saturated carbocycles. The van der Waals surface area contributed by atoms with Crippen LogP contribution in [0.5, 0.6) is 0 Å². The predicted octanol–water partition coefficient (Wildman–Crippen LogP) is 3.77. The number of anilines is 2. The molecule has 0 aliphatic heterocycles. The highest BCUT2D eigenvalue weighted by Crippen LogP contribution is 2.12. The van der Waals surface area contributed by atoms with Crippen LogP contribution in [0, 0.1) is 0 Å². The van der Waals surface area contributed by atoms with Crippen LogP contribution in [0.15, 0.2) is 48.5 Å². The second-order valence-electron chi connectivity index (χ2n) is 5.73. The van der Waals surface area contributed by atoms with Crippen molar-refractivity contribution >= 4 is 17.2 Å². The van der Waals surface area contributed by atoms with Gasteiger partial charge in [0.25, 0.3) is 0 Å². The summed E-state index contributed by atoms with van der Waals surface area (Å²) in [5.74, 6) is 0.353. The molecule has 0 aliphatic carbocycles. The number of hydrogen-bond acceptors (Lipinski definition) is 3. The van der Waals surface area contributed by atoms with Gasteiger partial charge >= 0.3 is 0 Å². The standard InChI is InChI=1S/C19H24N2O/c20-17-11-7-15(8-12-17)3-1-5-19(22)6-2-4-16-9-13-18(21)14-10-16/h7-14H,1-6,20-21H2. The topological polar surface area (TPSA) is 69.1 Å². The molecule has 0 amide bonds. The second kappa shape index (κ2) is 8.23. The first-order valence-electron chi connectivity index (χ1n) is 7.84. The summed E-state index contributed by atoms with van der Waals surface area (Å²) >= 11 is 0. The van der Waals surface area contributed by atoms with E-state index in [2.05, 4.69) is 0 Å². The van der Waals surface area contributed by atoms with Gasteiger partial charge in [-0.15, -0.1) is 0 Å². The maximum absolute atomic E-state index is 11.9. The van der Waals surface area contributed by atoms with Gasteiger partial charge in [-0.1, -0.05) is 24.3 Å². The molecule has 0 unspecified atom stereocenters. The summed E-state index contributed by atoms with van der Waals surface area (Å²) in [5, 5.41) is 0. The first-order valence-corrected chi connectivity index (χ1v) is 7.84. The number of nitrogen functional groups attached to an aromatic ring is 2. The van der Waals surface area contributed by atoms with Gasteiger partial charge in [0, 0.05) is 24.2 Å². The van der Waals surface area contributed by atoms with E-state index in [0.717, 1.165) is 37.1 Å². The predicted molar refractivity (Wildman–Crippen MR) is 92.6 cm³/mol. The van der Waals surface area contributed by atoms with Crippen molar-refractivity contribution in [2.75, 3.05) is 11.5 Å². The molecule has 2 rings (SSSR count). The lowest BCUT2D eigenvalue weighted by Crippen LogP contribution is -2.00. The fourth-order valence-corrected chi connectivity index (χ4v) is 2.47. The highest BCUT2D eigenvalue weighted by atomic mass is 16.1. The molecular weight excluding hydrogens is 272 g/mol. The average Bonchev–Trinajstić information content (AvgIpc) is 2.51. The van der Waals surface area contributed by atoms with Gasteiger partial charge in [0.1, 0.15) is 5.78 Å². The van der Waals surface area contributed by atoms with E-state index in [0.29, 0.717) is 18.6 Å². The van der Waals surface area contributed by atoms with Gasteiger partial charge < -0.3 is 11.5 Å². The molecule has 0 bridgehead atoms. The minimum Gasteiger partial charge on any atom is -0.399 e. The molecule has 0 aliphatic rings. The van der Waals surface area contributed by atoms with Gasteiger partial charge in [-0.2, -0.15) is 0 Å². The normalized spacial score (nSPS) is 10.5. The Kier molecular flexibility index (Phi) is 6.01. The van der Waals surface area contributed by atoms with Crippen molar-refractivity contribution in [1.29, 1.82) is 0 Å². The Balaban J connectivity index is 1.61. The highest BCUT2D eigenvalue weighted by Gasteiger charge is 2.03. The number of hydrogen-bond donors (Lipinski definition) is 2. The number of rotatable bonds is 8. The van der Waals surface area contributed by atoms with Gasteiger partial charge in [-0.25, -0.2) is 0 Å². The van der Waals surface area contributed by atoms with Crippen LogP contribution in [0.4, 0.5) is 11.4 Å². The molecule has 0 heterocycles. The Labute approximate surface area is 132 Å². The van der Waals surface area contributed by atoms with Crippen molar-refractivity contribution in [3.05, 3.63) is 59.7 Å². The molecule has 0 radical (unpaired) electrons. The molecule has 22 heavy (non-hydrogen) atoms. The number of ketones is 1. The Morgan fingerprint density at radius 1 is 0.682 bits per heavy atom. The molecule has 116 valence electrons. The molecule has 0 atom stereocenters. The lowest BCUT2D eigenvalue weighted by Gasteiger charge is -2.04. The van der Waals surface area contributed by atoms with Crippen LogP contribution in [0.1, 0.15) is 36.8 Å². The third-order valence-electron chi connectivity index (χ3n) is 3.80. The third kappa shape index (κ3) is 5.60. The fourth-order valence-electron chi connectivity index (χ4n) is 2.47. The van der Waals surface area contributed by atoms with E-state index in [9.17, 15) is 4.79 Å². The van der Waals surface area contributed by atoms with Crippen molar-refractivity contribution in [1.82, 2.24) is 0 Å². The quantitative estimate of drug-likeness (QED) is 0.729. The van der Waals surface area contributed by atoms with Crippen molar-refractivity contribution in [2.45, 2.75) is 38.5 Å². The monoisotopic (exact) mass is 296 g/mol. The van der Waals surface area contributed by atoms with E-state index in [4.69, 9.17) is 11.5 Å². The number of Topliss-reactive ketones (excluding diaryl/α,β-unsaturated/α-hetero) is 1. The zero-order chi connectivity index (χ0) is 15.8. The summed E-state index contributed by atoms with van der Waals surface area (Å²) in [6, 6.07) is 15.7. The minimum absolute atomic E-state index is 0.353. The number of nitrogens with two attached hydrogens (primary N) is 2. The van der Waals surface area contributed by atoms with Crippen molar-refractivity contribution < 1.29 is 4.79 Å². The van der Waals surface area contributed by atoms with Gasteiger partial charge in [0.05, 0.1) is 0 Å². The van der Waals surface area contributed by atoms with Crippen LogP contribution in [0.2, 0.25) is 0 Å². The lowest BCUT2D eigenvalue weighted by atomic mass is 10.0. The van der Waals surface area contributed by atoms with Gasteiger partial charge in [-0.3, -0.25) is 4.79 Å². The molecule has 0 saturated heterocycles. The van der Waals surface area contributed by atoms with Crippen molar-refractivity contribution in [3.8, 4) is 0 Å². The van der Waals surface area contributed by atoms with E-state index in [-0.39, 0.29) is 0 Å². The summed E-state index contributed by atoms with van der Waals surface area (Å²) in [6.07, 6.45) is 5.00. The molecule has 2 aromatic carbocycles. The maximum Gasteiger partial charge on any atom is 0.132 e. The Morgan fingerprint density at radius 2 is 1.05 bits per heavy atom. The molecular formula is C19H24N2O. The first-order chi connectivity index (χ1) is 10.6. The third-order valence-corrected chi connectivity index (χ3v) is 3.80. The molecule has 0 spiro atoms. The summed E-state index contributed by atoms with van der Waals surface area (Å²) in [4.78, 5) is 11.9. The smallest absolute Gasteiger partial charge is 0.132 e. The zero-order valence-electron chi connectivity index (χ0n) is 12.9. The molecule has 3 nitrogen and oxygen atoms in total. The van der Waals surface area contributed by atoms with Crippen LogP contribution in [0.25, 0.3) is 0 Å². The van der Waals surface area contributed by atoms with Crippen molar-refractivity contribution in [3.63, 3.8) is 0 Å². The largest absolute Gasteiger partial charge is 0.399 e. The number of benzene rings is 2. The van der Waals surface area contributed by atoms with Crippen LogP contribution >= 0.6 is 0 Å². The van der Waals surface area contributed by atoms with Gasteiger partial charge in [0.2, 0.25) is 0 Å². The van der Waals surface area contributed by atoms with Gasteiger partial charge in [-0.05, 0) is 61.1 Å². The summed E-state index contributed by atoms with van der Waals surface area (Å²) < 4.78 is 0. The van der Waals surface area contributed by atoms with Crippen LogP contribution < -0.4 is 11.5 Å². The number of carbonyl (C=O) groups is 1. The lowest BCUT2D eigenvalue weighted by molar-refractivity contribution is -0.119. The zero-order valence-corrected chi connectivity index (χ0v) is 12.9. The SMILES string of the molecule is Nc1ccc(CCCC(=O)CCCc2ccc(N)cc2)cc1. The van der Waals surface area contributed by atoms with E-state index in [1.165, 1.54) is 11.1 Å². The summed E-state index contributed by atoms with van der Waals surface area (Å²) in [7, 11) is 0. The van der Waals surface area contributed by atoms with Gasteiger partial charge in [0.15, 0.2) is 0 Å². The molecule has 0 fully saturated rings. The Bertz CT molecular complexity index is 534. The fraction of sp³-hybridized carbons (Fsp3) is 0.316. The van der Waals surface area contributed by atoms with Crippen LogP contribution in [-0.4, -0.2) is 5.78 Å². The molecule has 3 heteroatoms. The number of aryl methyl sites for hydroxylation is 2. The molecule has 2 aromatic rings. The van der Waals surface area contributed by atoms with E-state index < -0.39 is 0 Å². The van der Waals surface area contributed by atoms with Crippen molar-refractivity contribution in [2.24, 2.45) is 0 Å².